The van der Waals surface area contributed by atoms with Gasteiger partial charge in [0.2, 0.25) is 0 Å². The zero-order valence-corrected chi connectivity index (χ0v) is 54.2. The molecular weight excluding hydrogens is 1010 g/mol. The maximum absolute atomic E-state index is 13.0. The number of carbonyl (C=O) groups is 3. The molecule has 472 valence electrons. The highest BCUT2D eigenvalue weighted by Gasteiger charge is 2.19. The van der Waals surface area contributed by atoms with Gasteiger partial charge in [0, 0.05) is 19.3 Å². The van der Waals surface area contributed by atoms with Crippen LogP contribution in [-0.2, 0) is 28.6 Å². The van der Waals surface area contributed by atoms with Crippen molar-refractivity contribution in [2.24, 2.45) is 0 Å². The highest BCUT2D eigenvalue weighted by molar-refractivity contribution is 5.71. The van der Waals surface area contributed by atoms with Gasteiger partial charge in [0.05, 0.1) is 0 Å². The first-order valence-electron chi connectivity index (χ1n) is 35.2. The average molecular weight is 1140 g/mol. The second-order valence-electron chi connectivity index (χ2n) is 23.4. The molecule has 1 atom stereocenters. The van der Waals surface area contributed by atoms with Crippen LogP contribution in [0, 0.1) is 0 Å². The standard InChI is InChI=1S/C76H132O6/c1-4-7-10-13-16-19-22-25-28-31-34-37-38-40-42-45-48-51-54-57-60-63-66-69-75(78)81-72-73(71-80-74(77)68-65-62-59-56-53-50-47-44-41-36-33-30-27-24-21-18-15-12-9-6-3)82-76(79)70-67-64-61-58-55-52-49-46-43-39-35-32-29-26-23-20-17-14-11-8-5-2/h8,11,17,20,22,25-26,29,31,34-35,38-40,46,49,73H,4-7,9-10,12-16,18-19,21,23-24,27-28,30,32-33,36-37,41-45,47-48,50-72H2,1-3H3/b11-8-,20-17-,25-22-,29-26-,34-31-,39-35-,40-38-,49-46-. The summed E-state index contributed by atoms with van der Waals surface area (Å²) in [5.41, 5.74) is 0. The quantitative estimate of drug-likeness (QED) is 0.0261. The summed E-state index contributed by atoms with van der Waals surface area (Å²) in [6, 6.07) is 0. The zero-order chi connectivity index (χ0) is 59.2. The van der Waals surface area contributed by atoms with E-state index in [-0.39, 0.29) is 31.1 Å². The van der Waals surface area contributed by atoms with Crippen LogP contribution < -0.4 is 0 Å². The maximum Gasteiger partial charge on any atom is 0.306 e. The molecular formula is C76H132O6. The van der Waals surface area contributed by atoms with E-state index in [1.807, 2.05) is 0 Å². The summed E-state index contributed by atoms with van der Waals surface area (Å²) in [6.07, 6.45) is 94.2. The molecule has 0 bridgehead atoms. The van der Waals surface area contributed by atoms with Crippen LogP contribution in [0.4, 0.5) is 0 Å². The lowest BCUT2D eigenvalue weighted by atomic mass is 10.0. The molecule has 82 heavy (non-hydrogen) atoms. The van der Waals surface area contributed by atoms with Crippen LogP contribution in [0.15, 0.2) is 97.2 Å². The minimum atomic E-state index is -0.793. The Kier molecular flexibility index (Phi) is 66.7. The van der Waals surface area contributed by atoms with Crippen molar-refractivity contribution in [2.75, 3.05) is 13.2 Å². The van der Waals surface area contributed by atoms with Gasteiger partial charge in [0.25, 0.3) is 0 Å². The first-order chi connectivity index (χ1) is 40.5. The van der Waals surface area contributed by atoms with Crippen molar-refractivity contribution in [3.8, 4) is 0 Å². The van der Waals surface area contributed by atoms with Gasteiger partial charge >= 0.3 is 17.9 Å². The van der Waals surface area contributed by atoms with Crippen LogP contribution in [0.5, 0.6) is 0 Å². The molecule has 0 saturated carbocycles. The summed E-state index contributed by atoms with van der Waals surface area (Å²) < 4.78 is 17.0. The van der Waals surface area contributed by atoms with Crippen LogP contribution in [0.2, 0.25) is 0 Å². The number of carbonyl (C=O) groups excluding carboxylic acids is 3. The van der Waals surface area contributed by atoms with Crippen molar-refractivity contribution in [3.63, 3.8) is 0 Å². The summed E-state index contributed by atoms with van der Waals surface area (Å²) in [5, 5.41) is 0. The maximum atomic E-state index is 13.0. The zero-order valence-electron chi connectivity index (χ0n) is 54.2. The Morgan fingerprint density at radius 3 is 0.744 bits per heavy atom. The van der Waals surface area contributed by atoms with Crippen molar-refractivity contribution >= 4 is 17.9 Å². The van der Waals surface area contributed by atoms with Crippen molar-refractivity contribution in [3.05, 3.63) is 97.2 Å². The smallest absolute Gasteiger partial charge is 0.306 e. The summed E-state index contributed by atoms with van der Waals surface area (Å²) in [7, 11) is 0. The third-order valence-electron chi connectivity index (χ3n) is 15.3. The van der Waals surface area contributed by atoms with E-state index >= 15 is 0 Å². The fourth-order valence-corrected chi connectivity index (χ4v) is 10.1. The second kappa shape index (κ2) is 69.8. The van der Waals surface area contributed by atoms with Crippen molar-refractivity contribution in [2.45, 2.75) is 354 Å². The molecule has 0 aliphatic carbocycles. The fourth-order valence-electron chi connectivity index (χ4n) is 10.1. The molecule has 0 N–H and O–H groups in total. The molecule has 1 unspecified atom stereocenters. The molecule has 6 nitrogen and oxygen atoms in total. The van der Waals surface area contributed by atoms with E-state index < -0.39 is 6.10 Å². The van der Waals surface area contributed by atoms with Gasteiger partial charge in [0.1, 0.15) is 13.2 Å². The molecule has 0 aromatic heterocycles. The van der Waals surface area contributed by atoms with Gasteiger partial charge in [-0.1, -0.05) is 323 Å². The predicted molar refractivity (Wildman–Crippen MR) is 357 cm³/mol. The normalized spacial score (nSPS) is 12.7. The lowest BCUT2D eigenvalue weighted by Crippen LogP contribution is -2.30. The monoisotopic (exact) mass is 1140 g/mol. The Bertz CT molecular complexity index is 1590. The molecule has 0 aliphatic heterocycles. The molecule has 0 heterocycles. The van der Waals surface area contributed by atoms with Crippen LogP contribution >= 0.6 is 0 Å². The van der Waals surface area contributed by atoms with E-state index in [4.69, 9.17) is 14.2 Å². The number of esters is 3. The van der Waals surface area contributed by atoms with Gasteiger partial charge in [-0.25, -0.2) is 0 Å². The first-order valence-corrected chi connectivity index (χ1v) is 35.2. The number of hydrogen-bond donors (Lipinski definition) is 0. The van der Waals surface area contributed by atoms with E-state index in [1.54, 1.807) is 0 Å². The summed E-state index contributed by atoms with van der Waals surface area (Å²) in [5.74, 6) is -0.894. The number of allylic oxidation sites excluding steroid dienone is 16. The van der Waals surface area contributed by atoms with Crippen LogP contribution in [0.1, 0.15) is 348 Å². The minimum Gasteiger partial charge on any atom is -0.462 e. The topological polar surface area (TPSA) is 78.9 Å². The second-order valence-corrected chi connectivity index (χ2v) is 23.4. The average Bonchev–Trinajstić information content (AvgIpc) is 3.47. The van der Waals surface area contributed by atoms with Crippen LogP contribution in [0.25, 0.3) is 0 Å². The fraction of sp³-hybridized carbons (Fsp3) is 0.750. The van der Waals surface area contributed by atoms with Gasteiger partial charge in [0.15, 0.2) is 6.10 Å². The van der Waals surface area contributed by atoms with Gasteiger partial charge in [-0.2, -0.15) is 0 Å². The van der Waals surface area contributed by atoms with Crippen molar-refractivity contribution in [1.82, 2.24) is 0 Å². The number of unbranched alkanes of at least 4 members (excludes halogenated alkanes) is 37. The number of rotatable bonds is 64. The Balaban J connectivity index is 4.42. The summed E-state index contributed by atoms with van der Waals surface area (Å²) in [6.45, 7) is 6.54. The molecule has 0 aromatic carbocycles. The summed E-state index contributed by atoms with van der Waals surface area (Å²) in [4.78, 5) is 38.5. The first kappa shape index (κ1) is 78.3. The third-order valence-corrected chi connectivity index (χ3v) is 15.3. The molecule has 0 fully saturated rings. The van der Waals surface area contributed by atoms with E-state index in [0.29, 0.717) is 19.3 Å². The van der Waals surface area contributed by atoms with Crippen LogP contribution in [-0.4, -0.2) is 37.2 Å². The van der Waals surface area contributed by atoms with Gasteiger partial charge in [-0.15, -0.1) is 0 Å². The largest absolute Gasteiger partial charge is 0.462 e. The SMILES string of the molecule is CC/C=C\C/C=C\C/C=C\C/C=C\C/C=C\CCCCCCCC(=O)OC(COC(=O)CCCCCCCCCC/C=C\C/C=C\C/C=C\CCCCCCC)COC(=O)CCCCCCCCCCCCCCCCCCCCCC. The third kappa shape index (κ3) is 67.1. The Labute approximate surface area is 508 Å². The molecule has 0 aromatic rings. The number of hydrogen-bond acceptors (Lipinski definition) is 6. The molecule has 0 amide bonds. The molecule has 0 radical (unpaired) electrons. The van der Waals surface area contributed by atoms with Gasteiger partial charge in [-0.05, 0) is 103 Å². The van der Waals surface area contributed by atoms with Crippen molar-refractivity contribution in [1.29, 1.82) is 0 Å². The van der Waals surface area contributed by atoms with E-state index in [0.717, 1.165) is 128 Å². The number of ether oxygens (including phenoxy) is 3. The van der Waals surface area contributed by atoms with E-state index in [9.17, 15) is 14.4 Å². The van der Waals surface area contributed by atoms with Crippen molar-refractivity contribution < 1.29 is 28.6 Å². The predicted octanol–water partition coefficient (Wildman–Crippen LogP) is 24.4. The Morgan fingerprint density at radius 2 is 0.476 bits per heavy atom. The van der Waals surface area contributed by atoms with Crippen LogP contribution in [0.3, 0.4) is 0 Å². The lowest BCUT2D eigenvalue weighted by Gasteiger charge is -2.18. The minimum absolute atomic E-state index is 0.0854. The highest BCUT2D eigenvalue weighted by Crippen LogP contribution is 2.17. The Hall–Kier alpha value is -3.67. The molecule has 0 aliphatic rings. The molecule has 0 rings (SSSR count). The lowest BCUT2D eigenvalue weighted by molar-refractivity contribution is -0.167. The molecule has 6 heteroatoms. The van der Waals surface area contributed by atoms with E-state index in [1.165, 1.54) is 180 Å². The highest BCUT2D eigenvalue weighted by atomic mass is 16.6. The summed E-state index contributed by atoms with van der Waals surface area (Å²) >= 11 is 0. The molecule has 0 spiro atoms. The van der Waals surface area contributed by atoms with Gasteiger partial charge < -0.3 is 14.2 Å². The molecule has 0 saturated heterocycles. The van der Waals surface area contributed by atoms with E-state index in [2.05, 4.69) is 118 Å². The van der Waals surface area contributed by atoms with Gasteiger partial charge in [-0.3, -0.25) is 14.4 Å². The Morgan fingerprint density at radius 1 is 0.256 bits per heavy atom.